The topological polar surface area (TPSA) is 38.7 Å². The molecule has 0 saturated carbocycles. The minimum absolute atomic E-state index is 0.200. The Balaban J connectivity index is 1.25. The van der Waals surface area contributed by atoms with E-state index in [1.54, 1.807) is 5.57 Å². The summed E-state index contributed by atoms with van der Waals surface area (Å²) in [7, 11) is 0. The molecule has 3 heteroatoms. The van der Waals surface area contributed by atoms with E-state index in [0.717, 1.165) is 54.3 Å². The largest absolute Gasteiger partial charge is 0.213 e. The summed E-state index contributed by atoms with van der Waals surface area (Å²) < 4.78 is 0. The highest BCUT2D eigenvalue weighted by atomic mass is 15.0. The second kappa shape index (κ2) is 9.95. The lowest BCUT2D eigenvalue weighted by atomic mass is 9.62. The average molecular weight is 570 g/mol. The minimum Gasteiger partial charge on any atom is -0.213 e. The smallest absolute Gasteiger partial charge is 0.163 e. The van der Waals surface area contributed by atoms with E-state index >= 15 is 0 Å². The summed E-state index contributed by atoms with van der Waals surface area (Å²) >= 11 is 0. The maximum absolute atomic E-state index is 5.22. The van der Waals surface area contributed by atoms with E-state index in [0.29, 0.717) is 17.8 Å². The molecule has 0 saturated heterocycles. The van der Waals surface area contributed by atoms with Crippen molar-refractivity contribution < 1.29 is 0 Å². The first kappa shape index (κ1) is 25.8. The molecule has 4 aromatic rings. The first-order valence-corrected chi connectivity index (χ1v) is 16.2. The number of hydrogen-bond acceptors (Lipinski definition) is 3. The molecule has 3 aromatic carbocycles. The summed E-state index contributed by atoms with van der Waals surface area (Å²) in [6, 6.07) is 28.7. The van der Waals surface area contributed by atoms with Crippen molar-refractivity contribution in [1.82, 2.24) is 15.0 Å². The molecule has 0 N–H and O–H groups in total. The van der Waals surface area contributed by atoms with Crippen LogP contribution in [0, 0.1) is 17.8 Å². The summed E-state index contributed by atoms with van der Waals surface area (Å²) in [5, 5.41) is 0. The van der Waals surface area contributed by atoms with Gasteiger partial charge in [0.25, 0.3) is 0 Å². The van der Waals surface area contributed by atoms with E-state index in [9.17, 15) is 0 Å². The lowest BCUT2D eigenvalue weighted by molar-refractivity contribution is 0.421. The molecule has 9 rings (SSSR count). The molecule has 5 aliphatic rings. The molecule has 4 atom stereocenters. The van der Waals surface area contributed by atoms with Crippen molar-refractivity contribution in [2.75, 3.05) is 0 Å². The molecular weight excluding hydrogens is 534 g/mol. The van der Waals surface area contributed by atoms with E-state index in [1.165, 1.54) is 27.8 Å². The zero-order chi connectivity index (χ0) is 29.3. The summed E-state index contributed by atoms with van der Waals surface area (Å²) in [4.78, 5) is 15.4. The SMILES string of the molecule is C[C@@H]1C=CC2=C(C1)C1(c3ccccc3-c3ccccc31)C1C=C(c3nc(-c4ccccc4)nc(C4CC=CCC4)n3)C=CC21. The van der Waals surface area contributed by atoms with E-state index < -0.39 is 0 Å². The van der Waals surface area contributed by atoms with Gasteiger partial charge in [0.15, 0.2) is 11.6 Å². The molecule has 0 bridgehead atoms. The molecule has 3 nitrogen and oxygen atoms in total. The van der Waals surface area contributed by atoms with Gasteiger partial charge >= 0.3 is 0 Å². The first-order chi connectivity index (χ1) is 21.7. The molecule has 214 valence electrons. The molecule has 0 radical (unpaired) electrons. The molecule has 1 spiro atoms. The fourth-order valence-electron chi connectivity index (χ4n) is 8.70. The van der Waals surface area contributed by atoms with Crippen LogP contribution in [-0.2, 0) is 5.41 Å². The Labute approximate surface area is 259 Å². The molecule has 0 fully saturated rings. The maximum atomic E-state index is 5.22. The number of rotatable bonds is 3. The standard InChI is InChI=1S/C41H35N3/c1-26-20-22-32-33-23-21-29(40-43-38(27-12-4-2-5-13-27)42-39(44-40)28-14-6-3-7-15-28)25-37(33)41(36(32)24-26)34-18-10-8-16-30(34)31-17-9-11-19-35(31)41/h2-6,8-13,16-23,25-26,28,33,37H,7,14-15,24H2,1H3/t26-,28?,33?,37?/m1/s1. The van der Waals surface area contributed by atoms with Crippen LogP contribution >= 0.6 is 0 Å². The monoisotopic (exact) mass is 569 g/mol. The van der Waals surface area contributed by atoms with Crippen molar-refractivity contribution in [3.8, 4) is 22.5 Å². The Morgan fingerprint density at radius 2 is 1.45 bits per heavy atom. The number of nitrogens with zero attached hydrogens (tertiary/aromatic N) is 3. The van der Waals surface area contributed by atoms with E-state index in [4.69, 9.17) is 15.0 Å². The van der Waals surface area contributed by atoms with Gasteiger partial charge in [0.2, 0.25) is 0 Å². The molecule has 5 aliphatic carbocycles. The van der Waals surface area contributed by atoms with Crippen LogP contribution in [0.4, 0.5) is 0 Å². The molecule has 0 amide bonds. The quantitative estimate of drug-likeness (QED) is 0.231. The second-order valence-electron chi connectivity index (χ2n) is 13.1. The van der Waals surface area contributed by atoms with Crippen LogP contribution in [0.3, 0.4) is 0 Å². The van der Waals surface area contributed by atoms with Crippen LogP contribution in [0.5, 0.6) is 0 Å². The van der Waals surface area contributed by atoms with Crippen molar-refractivity contribution in [3.05, 3.63) is 155 Å². The number of allylic oxidation sites excluding steroid dienone is 10. The van der Waals surface area contributed by atoms with Crippen LogP contribution in [0.1, 0.15) is 61.3 Å². The van der Waals surface area contributed by atoms with Gasteiger partial charge in [0.1, 0.15) is 5.82 Å². The van der Waals surface area contributed by atoms with Gasteiger partial charge in [-0.2, -0.15) is 0 Å². The van der Waals surface area contributed by atoms with Gasteiger partial charge in [-0.15, -0.1) is 0 Å². The van der Waals surface area contributed by atoms with Crippen molar-refractivity contribution >= 4 is 5.57 Å². The summed E-state index contributed by atoms with van der Waals surface area (Å²) in [5.74, 6) is 3.87. The Bertz CT molecular complexity index is 1910. The average Bonchev–Trinajstić information content (AvgIpc) is 3.55. The van der Waals surface area contributed by atoms with Gasteiger partial charge in [-0.3, -0.25) is 0 Å². The summed E-state index contributed by atoms with van der Waals surface area (Å²) in [5.41, 5.74) is 10.7. The zero-order valence-electron chi connectivity index (χ0n) is 25.0. The Kier molecular flexibility index (Phi) is 5.84. The van der Waals surface area contributed by atoms with E-state index in [-0.39, 0.29) is 11.3 Å². The van der Waals surface area contributed by atoms with Gasteiger partial charge in [-0.1, -0.05) is 134 Å². The number of aromatic nitrogens is 3. The van der Waals surface area contributed by atoms with E-state index in [2.05, 4.69) is 122 Å². The van der Waals surface area contributed by atoms with Crippen LogP contribution in [0.2, 0.25) is 0 Å². The zero-order valence-corrected chi connectivity index (χ0v) is 25.0. The Morgan fingerprint density at radius 1 is 0.727 bits per heavy atom. The highest BCUT2D eigenvalue weighted by molar-refractivity contribution is 5.86. The van der Waals surface area contributed by atoms with Gasteiger partial charge < -0.3 is 0 Å². The molecule has 1 heterocycles. The van der Waals surface area contributed by atoms with Crippen LogP contribution < -0.4 is 0 Å². The van der Waals surface area contributed by atoms with Crippen LogP contribution in [-0.4, -0.2) is 15.0 Å². The highest BCUT2D eigenvalue weighted by Gasteiger charge is 2.58. The van der Waals surface area contributed by atoms with E-state index in [1.807, 2.05) is 6.07 Å². The number of hydrogen-bond donors (Lipinski definition) is 0. The predicted octanol–water partition coefficient (Wildman–Crippen LogP) is 9.42. The third-order valence-corrected chi connectivity index (χ3v) is 10.6. The van der Waals surface area contributed by atoms with Crippen LogP contribution in [0.15, 0.2) is 133 Å². The molecule has 44 heavy (non-hydrogen) atoms. The number of benzene rings is 3. The van der Waals surface area contributed by atoms with Gasteiger partial charge in [0.05, 0.1) is 5.41 Å². The Hall–Kier alpha value is -4.63. The van der Waals surface area contributed by atoms with Crippen molar-refractivity contribution in [3.63, 3.8) is 0 Å². The molecular formula is C41H35N3. The molecule has 3 unspecified atom stereocenters. The minimum atomic E-state index is -0.200. The van der Waals surface area contributed by atoms with Gasteiger partial charge in [-0.05, 0) is 59.4 Å². The fraction of sp³-hybridized carbons (Fsp3) is 0.244. The predicted molar refractivity (Wildman–Crippen MR) is 178 cm³/mol. The third-order valence-electron chi connectivity index (χ3n) is 10.6. The van der Waals surface area contributed by atoms with Crippen molar-refractivity contribution in [1.29, 1.82) is 0 Å². The maximum Gasteiger partial charge on any atom is 0.163 e. The lowest BCUT2D eigenvalue weighted by Crippen LogP contribution is -2.35. The summed E-state index contributed by atoms with van der Waals surface area (Å²) in [6.07, 6.45) is 20.9. The number of fused-ring (bicyclic) bond motifs is 9. The Morgan fingerprint density at radius 3 is 2.20 bits per heavy atom. The first-order valence-electron chi connectivity index (χ1n) is 16.2. The molecule has 0 aliphatic heterocycles. The van der Waals surface area contributed by atoms with Crippen molar-refractivity contribution in [2.45, 2.75) is 43.9 Å². The fourth-order valence-corrected chi connectivity index (χ4v) is 8.70. The van der Waals surface area contributed by atoms with Crippen molar-refractivity contribution in [2.24, 2.45) is 17.8 Å². The normalized spacial score (nSPS) is 25.4. The summed E-state index contributed by atoms with van der Waals surface area (Å²) in [6.45, 7) is 2.36. The second-order valence-corrected chi connectivity index (χ2v) is 13.1. The third kappa shape index (κ3) is 3.71. The van der Waals surface area contributed by atoms with Gasteiger partial charge in [-0.25, -0.2) is 15.0 Å². The molecule has 1 aromatic heterocycles. The highest BCUT2D eigenvalue weighted by Crippen LogP contribution is 2.66. The van der Waals surface area contributed by atoms with Crippen LogP contribution in [0.25, 0.3) is 28.1 Å². The lowest BCUT2D eigenvalue weighted by Gasteiger charge is -2.39. The van der Waals surface area contributed by atoms with Gasteiger partial charge in [0, 0.05) is 28.9 Å².